The normalized spacial score (nSPS) is 10.6. The minimum Gasteiger partial charge on any atom is -0.395 e. The van der Waals surface area contributed by atoms with Gasteiger partial charge in [-0.25, -0.2) is 4.39 Å². The summed E-state index contributed by atoms with van der Waals surface area (Å²) in [5.41, 5.74) is 2.81. The lowest BCUT2D eigenvalue weighted by Gasteiger charge is -2.25. The van der Waals surface area contributed by atoms with E-state index in [0.29, 0.717) is 19.6 Å². The van der Waals surface area contributed by atoms with E-state index in [1.807, 2.05) is 48.3 Å². The van der Waals surface area contributed by atoms with Crippen molar-refractivity contribution in [3.63, 3.8) is 0 Å². The van der Waals surface area contributed by atoms with Gasteiger partial charge in [0.15, 0.2) is 0 Å². The van der Waals surface area contributed by atoms with E-state index >= 15 is 0 Å². The molecule has 0 aromatic heterocycles. The molecule has 0 aliphatic carbocycles. The van der Waals surface area contributed by atoms with E-state index in [1.165, 1.54) is 12.1 Å². The fraction of sp³-hybridized carbons (Fsp3) is 0.294. The highest BCUT2D eigenvalue weighted by molar-refractivity contribution is 5.49. The van der Waals surface area contributed by atoms with Crippen molar-refractivity contribution in [3.8, 4) is 0 Å². The monoisotopic (exact) mass is 288 g/mol. The van der Waals surface area contributed by atoms with E-state index < -0.39 is 0 Å². The summed E-state index contributed by atoms with van der Waals surface area (Å²) in [6, 6.07) is 15.0. The number of nitrogens with one attached hydrogen (secondary N) is 1. The summed E-state index contributed by atoms with van der Waals surface area (Å²) in [6.07, 6.45) is 0. The van der Waals surface area contributed by atoms with E-state index in [1.54, 1.807) is 0 Å². The fourth-order valence-electron chi connectivity index (χ4n) is 2.35. The molecule has 0 spiro atoms. The third kappa shape index (κ3) is 4.55. The Hall–Kier alpha value is -1.91. The smallest absolute Gasteiger partial charge is 0.125 e. The molecule has 112 valence electrons. The van der Waals surface area contributed by atoms with Crippen LogP contribution in [0.2, 0.25) is 0 Å². The second-order valence-electron chi connectivity index (χ2n) is 4.98. The van der Waals surface area contributed by atoms with Crippen molar-refractivity contribution in [2.24, 2.45) is 0 Å². The average molecular weight is 288 g/mol. The first kappa shape index (κ1) is 15.5. The molecule has 0 radical (unpaired) electrons. The quantitative estimate of drug-likeness (QED) is 0.822. The van der Waals surface area contributed by atoms with Gasteiger partial charge in [-0.2, -0.15) is 0 Å². The zero-order valence-corrected chi connectivity index (χ0v) is 12.2. The van der Waals surface area contributed by atoms with Gasteiger partial charge in [0.25, 0.3) is 0 Å². The van der Waals surface area contributed by atoms with Crippen molar-refractivity contribution in [2.45, 2.75) is 13.1 Å². The summed E-state index contributed by atoms with van der Waals surface area (Å²) < 4.78 is 13.8. The zero-order valence-electron chi connectivity index (χ0n) is 12.2. The Kier molecular flexibility index (Phi) is 5.72. The second kappa shape index (κ2) is 7.76. The van der Waals surface area contributed by atoms with Crippen molar-refractivity contribution in [1.82, 2.24) is 5.32 Å². The van der Waals surface area contributed by atoms with Gasteiger partial charge < -0.3 is 15.3 Å². The molecule has 4 heteroatoms. The molecule has 0 saturated carbocycles. The molecule has 0 fully saturated rings. The van der Waals surface area contributed by atoms with Crippen LogP contribution < -0.4 is 10.2 Å². The van der Waals surface area contributed by atoms with Crippen LogP contribution >= 0.6 is 0 Å². The predicted octanol–water partition coefficient (Wildman–Crippen LogP) is 2.54. The van der Waals surface area contributed by atoms with E-state index in [2.05, 4.69) is 5.32 Å². The third-order valence-electron chi connectivity index (χ3n) is 3.27. The molecule has 0 aliphatic heterocycles. The number of rotatable bonds is 7. The maximum absolute atomic E-state index is 13.8. The molecule has 0 amide bonds. The van der Waals surface area contributed by atoms with Crippen molar-refractivity contribution in [2.75, 3.05) is 25.1 Å². The number of anilines is 1. The molecule has 0 atom stereocenters. The van der Waals surface area contributed by atoms with Gasteiger partial charge in [-0.3, -0.25) is 0 Å². The van der Waals surface area contributed by atoms with E-state index in [-0.39, 0.29) is 12.4 Å². The van der Waals surface area contributed by atoms with Gasteiger partial charge in [-0.15, -0.1) is 0 Å². The molecule has 2 aromatic carbocycles. The molecule has 0 saturated heterocycles. The highest BCUT2D eigenvalue weighted by Gasteiger charge is 2.09. The predicted molar refractivity (Wildman–Crippen MR) is 83.7 cm³/mol. The number of halogens is 1. The topological polar surface area (TPSA) is 35.5 Å². The van der Waals surface area contributed by atoms with Gasteiger partial charge in [-0.1, -0.05) is 30.3 Å². The molecule has 2 aromatic rings. The number of hydrogen-bond acceptors (Lipinski definition) is 3. The van der Waals surface area contributed by atoms with Crippen molar-refractivity contribution >= 4 is 5.69 Å². The second-order valence-corrected chi connectivity index (χ2v) is 4.98. The molecule has 0 heterocycles. The van der Waals surface area contributed by atoms with E-state index in [9.17, 15) is 9.50 Å². The maximum atomic E-state index is 13.8. The fourth-order valence-corrected chi connectivity index (χ4v) is 2.35. The number of aliphatic hydroxyl groups excluding tert-OH is 1. The third-order valence-corrected chi connectivity index (χ3v) is 3.27. The van der Waals surface area contributed by atoms with E-state index in [0.717, 1.165) is 16.8 Å². The summed E-state index contributed by atoms with van der Waals surface area (Å²) in [5.74, 6) is -0.256. The first-order chi connectivity index (χ1) is 10.2. The van der Waals surface area contributed by atoms with Gasteiger partial charge in [-0.05, 0) is 36.4 Å². The zero-order chi connectivity index (χ0) is 15.1. The number of hydrogen-bond donors (Lipinski definition) is 2. The van der Waals surface area contributed by atoms with Crippen LogP contribution in [0.3, 0.4) is 0 Å². The first-order valence-electron chi connectivity index (χ1n) is 7.06. The largest absolute Gasteiger partial charge is 0.395 e. The molecular weight excluding hydrogens is 267 g/mol. The van der Waals surface area contributed by atoms with Crippen LogP contribution in [0.5, 0.6) is 0 Å². The first-order valence-corrected chi connectivity index (χ1v) is 7.06. The Morgan fingerprint density at radius 1 is 1.10 bits per heavy atom. The van der Waals surface area contributed by atoms with Crippen LogP contribution in [0, 0.1) is 5.82 Å². The van der Waals surface area contributed by atoms with Gasteiger partial charge in [0.1, 0.15) is 5.82 Å². The van der Waals surface area contributed by atoms with Crippen molar-refractivity contribution in [1.29, 1.82) is 0 Å². The lowest BCUT2D eigenvalue weighted by molar-refractivity contribution is 0.301. The van der Waals surface area contributed by atoms with Crippen molar-refractivity contribution in [3.05, 3.63) is 65.5 Å². The molecule has 0 aliphatic rings. The molecule has 3 nitrogen and oxygen atoms in total. The Bertz CT molecular complexity index is 560. The molecule has 0 bridgehead atoms. The molecule has 2 N–H and O–H groups in total. The highest BCUT2D eigenvalue weighted by atomic mass is 19.1. The molecule has 2 rings (SSSR count). The average Bonchev–Trinajstić information content (AvgIpc) is 2.48. The standard InChI is InChI=1S/C17H21FN2O/c1-19-12-15-9-16(18)11-17(10-15)20(7-8-21)13-14-5-3-2-4-6-14/h2-6,9-11,19,21H,7-8,12-13H2,1H3. The molecule has 0 unspecified atom stereocenters. The Balaban J connectivity index is 2.24. The maximum Gasteiger partial charge on any atom is 0.125 e. The minimum atomic E-state index is -0.256. The van der Waals surface area contributed by atoms with Crippen LogP contribution in [0.4, 0.5) is 10.1 Å². The summed E-state index contributed by atoms with van der Waals surface area (Å²) in [7, 11) is 1.83. The van der Waals surface area contributed by atoms with E-state index in [4.69, 9.17) is 0 Å². The summed E-state index contributed by atoms with van der Waals surface area (Å²) in [6.45, 7) is 1.76. The van der Waals surface area contributed by atoms with Crippen LogP contribution in [-0.4, -0.2) is 25.3 Å². The summed E-state index contributed by atoms with van der Waals surface area (Å²) in [5, 5.41) is 12.3. The lowest BCUT2D eigenvalue weighted by atomic mass is 10.1. The van der Waals surface area contributed by atoms with Gasteiger partial charge in [0, 0.05) is 25.3 Å². The Morgan fingerprint density at radius 2 is 1.86 bits per heavy atom. The van der Waals surface area contributed by atoms with Gasteiger partial charge in [0.05, 0.1) is 6.61 Å². The minimum absolute atomic E-state index is 0.0324. The number of benzene rings is 2. The van der Waals surface area contributed by atoms with Gasteiger partial charge in [0.2, 0.25) is 0 Å². The van der Waals surface area contributed by atoms with Crippen molar-refractivity contribution < 1.29 is 9.50 Å². The number of aliphatic hydroxyl groups is 1. The summed E-state index contributed by atoms with van der Waals surface area (Å²) in [4.78, 5) is 1.98. The van der Waals surface area contributed by atoms with Crippen LogP contribution in [0.15, 0.2) is 48.5 Å². The number of nitrogens with zero attached hydrogens (tertiary/aromatic N) is 1. The lowest BCUT2D eigenvalue weighted by Crippen LogP contribution is -2.26. The van der Waals surface area contributed by atoms with Crippen LogP contribution in [0.1, 0.15) is 11.1 Å². The van der Waals surface area contributed by atoms with Crippen LogP contribution in [0.25, 0.3) is 0 Å². The molecule has 21 heavy (non-hydrogen) atoms. The summed E-state index contributed by atoms with van der Waals surface area (Å²) >= 11 is 0. The SMILES string of the molecule is CNCc1cc(F)cc(N(CCO)Cc2ccccc2)c1. The van der Waals surface area contributed by atoms with Crippen LogP contribution in [-0.2, 0) is 13.1 Å². The highest BCUT2D eigenvalue weighted by Crippen LogP contribution is 2.21. The Morgan fingerprint density at radius 3 is 2.52 bits per heavy atom. The van der Waals surface area contributed by atoms with Gasteiger partial charge >= 0.3 is 0 Å². The molecular formula is C17H21FN2O. The Labute approximate surface area is 125 Å².